The number of hydrogen-bond donors (Lipinski definition) is 1. The molecular weight excluding hydrogens is 326 g/mol. The summed E-state index contributed by atoms with van der Waals surface area (Å²) in [6.45, 7) is 5.60. The number of rotatable bonds is 3. The van der Waals surface area contributed by atoms with Crippen LogP contribution >= 0.6 is 11.6 Å². The van der Waals surface area contributed by atoms with Crippen molar-refractivity contribution in [2.24, 2.45) is 0 Å². The van der Waals surface area contributed by atoms with E-state index < -0.39 is 0 Å². The van der Waals surface area contributed by atoms with Crippen molar-refractivity contribution in [2.45, 2.75) is 6.92 Å². The number of benzene rings is 1. The minimum absolute atomic E-state index is 0.222. The molecule has 0 spiro atoms. The smallest absolute Gasteiger partial charge is 0.259 e. The van der Waals surface area contributed by atoms with Crippen molar-refractivity contribution in [3.8, 4) is 0 Å². The van der Waals surface area contributed by atoms with Gasteiger partial charge in [0.2, 0.25) is 5.95 Å². The first kappa shape index (κ1) is 16.7. The monoisotopic (exact) mass is 345 g/mol. The highest BCUT2D eigenvalue weighted by molar-refractivity contribution is 6.30. The van der Waals surface area contributed by atoms with Crippen LogP contribution in [0.1, 0.15) is 16.1 Å². The number of amides is 1. The Labute approximate surface area is 146 Å². The standard InChI is InChI=1S/C17H20ClN5O/c1-12-15(16(24)21-14-5-3-13(18)4-6-14)11-19-17(20-12)23-9-7-22(2)8-10-23/h3-6,11H,7-10H2,1-2H3,(H,21,24). The normalized spacial score (nSPS) is 15.4. The van der Waals surface area contributed by atoms with Gasteiger partial charge in [0.15, 0.2) is 0 Å². The van der Waals surface area contributed by atoms with Crippen molar-refractivity contribution in [3.05, 3.63) is 46.7 Å². The molecule has 0 atom stereocenters. The second kappa shape index (κ2) is 7.15. The van der Waals surface area contributed by atoms with Gasteiger partial charge < -0.3 is 15.1 Å². The van der Waals surface area contributed by atoms with Gasteiger partial charge in [-0.2, -0.15) is 0 Å². The predicted octanol–water partition coefficient (Wildman–Crippen LogP) is 2.44. The summed E-state index contributed by atoms with van der Waals surface area (Å²) in [5.41, 5.74) is 1.83. The number of likely N-dealkylation sites (N-methyl/N-ethyl adjacent to an activating group) is 1. The number of aromatic nitrogens is 2. The third-order valence-electron chi connectivity index (χ3n) is 4.10. The Bertz CT molecular complexity index is 726. The van der Waals surface area contributed by atoms with Crippen LogP contribution in [0, 0.1) is 6.92 Å². The molecule has 0 unspecified atom stereocenters. The molecule has 1 aliphatic rings. The molecule has 1 saturated heterocycles. The summed E-state index contributed by atoms with van der Waals surface area (Å²) >= 11 is 5.85. The van der Waals surface area contributed by atoms with Gasteiger partial charge in [0.25, 0.3) is 5.91 Å². The molecule has 1 aliphatic heterocycles. The third-order valence-corrected chi connectivity index (χ3v) is 4.35. The molecule has 2 heterocycles. The van der Waals surface area contributed by atoms with Crippen molar-refractivity contribution in [3.63, 3.8) is 0 Å². The molecule has 1 N–H and O–H groups in total. The molecule has 2 aromatic rings. The summed E-state index contributed by atoms with van der Waals surface area (Å²) in [5.74, 6) is 0.461. The van der Waals surface area contributed by atoms with Gasteiger partial charge in [0.05, 0.1) is 11.3 Å². The zero-order valence-electron chi connectivity index (χ0n) is 13.8. The molecule has 3 rings (SSSR count). The van der Waals surface area contributed by atoms with Crippen molar-refractivity contribution in [1.82, 2.24) is 14.9 Å². The molecule has 1 aromatic carbocycles. The van der Waals surface area contributed by atoms with Crippen molar-refractivity contribution in [1.29, 1.82) is 0 Å². The topological polar surface area (TPSA) is 61.4 Å². The number of nitrogens with zero attached hydrogens (tertiary/aromatic N) is 4. The van der Waals surface area contributed by atoms with Crippen molar-refractivity contribution < 1.29 is 4.79 Å². The van der Waals surface area contributed by atoms with Crippen molar-refractivity contribution in [2.75, 3.05) is 43.4 Å². The average molecular weight is 346 g/mol. The summed E-state index contributed by atoms with van der Waals surface area (Å²) < 4.78 is 0. The first-order chi connectivity index (χ1) is 11.5. The Morgan fingerprint density at radius 2 is 1.83 bits per heavy atom. The minimum Gasteiger partial charge on any atom is -0.338 e. The van der Waals surface area contributed by atoms with Crippen LogP contribution in [-0.4, -0.2) is 54.0 Å². The quantitative estimate of drug-likeness (QED) is 0.925. The molecule has 0 aliphatic carbocycles. The van der Waals surface area contributed by atoms with E-state index in [1.807, 2.05) is 6.92 Å². The van der Waals surface area contributed by atoms with Crippen LogP contribution in [0.2, 0.25) is 5.02 Å². The highest BCUT2D eigenvalue weighted by atomic mass is 35.5. The van der Waals surface area contributed by atoms with E-state index in [0.717, 1.165) is 26.2 Å². The largest absolute Gasteiger partial charge is 0.338 e. The Kier molecular flexibility index (Phi) is 4.97. The SMILES string of the molecule is Cc1nc(N2CCN(C)CC2)ncc1C(=O)Nc1ccc(Cl)cc1. The molecule has 0 bridgehead atoms. The van der Waals surface area contributed by atoms with Gasteiger partial charge in [-0.3, -0.25) is 4.79 Å². The molecular formula is C17H20ClN5O. The van der Waals surface area contributed by atoms with E-state index in [-0.39, 0.29) is 5.91 Å². The number of carbonyl (C=O) groups is 1. The van der Waals surface area contributed by atoms with Gasteiger partial charge in [-0.1, -0.05) is 11.6 Å². The van der Waals surface area contributed by atoms with Crippen LogP contribution in [0.5, 0.6) is 0 Å². The summed E-state index contributed by atoms with van der Waals surface area (Å²) in [5, 5.41) is 3.46. The maximum atomic E-state index is 12.4. The minimum atomic E-state index is -0.222. The average Bonchev–Trinajstić information content (AvgIpc) is 2.57. The Hall–Kier alpha value is -2.18. The zero-order valence-corrected chi connectivity index (χ0v) is 14.5. The predicted molar refractivity (Wildman–Crippen MR) is 95.9 cm³/mol. The van der Waals surface area contributed by atoms with Gasteiger partial charge >= 0.3 is 0 Å². The maximum absolute atomic E-state index is 12.4. The lowest BCUT2D eigenvalue weighted by Crippen LogP contribution is -2.45. The second-order valence-corrected chi connectivity index (χ2v) is 6.36. The van der Waals surface area contributed by atoms with E-state index in [2.05, 4.69) is 32.1 Å². The maximum Gasteiger partial charge on any atom is 0.259 e. The van der Waals surface area contributed by atoms with E-state index in [1.165, 1.54) is 0 Å². The number of nitrogens with one attached hydrogen (secondary N) is 1. The first-order valence-electron chi connectivity index (χ1n) is 7.87. The van der Waals surface area contributed by atoms with Gasteiger partial charge in [0.1, 0.15) is 0 Å². The number of halogens is 1. The molecule has 7 heteroatoms. The zero-order chi connectivity index (χ0) is 17.1. The number of hydrogen-bond acceptors (Lipinski definition) is 5. The number of aryl methyl sites for hydroxylation is 1. The fraction of sp³-hybridized carbons (Fsp3) is 0.353. The molecule has 1 aromatic heterocycles. The lowest BCUT2D eigenvalue weighted by atomic mass is 10.2. The lowest BCUT2D eigenvalue weighted by Gasteiger charge is -2.32. The van der Waals surface area contributed by atoms with E-state index in [1.54, 1.807) is 30.5 Å². The fourth-order valence-corrected chi connectivity index (χ4v) is 2.69. The van der Waals surface area contributed by atoms with Crippen LogP contribution in [-0.2, 0) is 0 Å². The molecule has 0 radical (unpaired) electrons. The number of anilines is 2. The van der Waals surface area contributed by atoms with Crippen LogP contribution in [0.3, 0.4) is 0 Å². The van der Waals surface area contributed by atoms with Crippen LogP contribution in [0.25, 0.3) is 0 Å². The number of carbonyl (C=O) groups excluding carboxylic acids is 1. The van der Waals surface area contributed by atoms with E-state index in [0.29, 0.717) is 27.9 Å². The van der Waals surface area contributed by atoms with E-state index in [4.69, 9.17) is 11.6 Å². The van der Waals surface area contributed by atoms with Gasteiger partial charge in [0, 0.05) is 43.1 Å². The fourth-order valence-electron chi connectivity index (χ4n) is 2.57. The highest BCUT2D eigenvalue weighted by Gasteiger charge is 2.18. The summed E-state index contributed by atoms with van der Waals surface area (Å²) in [4.78, 5) is 25.7. The molecule has 126 valence electrons. The third kappa shape index (κ3) is 3.83. The molecule has 0 saturated carbocycles. The Morgan fingerprint density at radius 1 is 1.17 bits per heavy atom. The molecule has 6 nitrogen and oxygen atoms in total. The van der Waals surface area contributed by atoms with E-state index in [9.17, 15) is 4.79 Å². The first-order valence-corrected chi connectivity index (χ1v) is 8.25. The van der Waals surface area contributed by atoms with E-state index >= 15 is 0 Å². The summed E-state index contributed by atoms with van der Waals surface area (Å²) in [6, 6.07) is 6.98. The second-order valence-electron chi connectivity index (χ2n) is 5.92. The highest BCUT2D eigenvalue weighted by Crippen LogP contribution is 2.17. The molecule has 24 heavy (non-hydrogen) atoms. The molecule has 1 fully saturated rings. The molecule has 1 amide bonds. The van der Waals surface area contributed by atoms with Gasteiger partial charge in [-0.15, -0.1) is 0 Å². The van der Waals surface area contributed by atoms with Crippen LogP contribution in [0.15, 0.2) is 30.5 Å². The van der Waals surface area contributed by atoms with Gasteiger partial charge in [-0.05, 0) is 38.2 Å². The Morgan fingerprint density at radius 3 is 2.46 bits per heavy atom. The lowest BCUT2D eigenvalue weighted by molar-refractivity contribution is 0.102. The van der Waals surface area contributed by atoms with Crippen LogP contribution in [0.4, 0.5) is 11.6 Å². The van der Waals surface area contributed by atoms with Crippen molar-refractivity contribution >= 4 is 29.1 Å². The van der Waals surface area contributed by atoms with Crippen LogP contribution < -0.4 is 10.2 Å². The van der Waals surface area contributed by atoms with Gasteiger partial charge in [-0.25, -0.2) is 9.97 Å². The Balaban J connectivity index is 1.72. The summed E-state index contributed by atoms with van der Waals surface area (Å²) in [7, 11) is 2.10. The summed E-state index contributed by atoms with van der Waals surface area (Å²) in [6.07, 6.45) is 1.60. The number of piperazine rings is 1.